The normalized spacial score (nSPS) is 16.0. The predicted octanol–water partition coefficient (Wildman–Crippen LogP) is 2.20. The van der Waals surface area contributed by atoms with Gasteiger partial charge in [-0.3, -0.25) is 9.59 Å². The van der Waals surface area contributed by atoms with E-state index in [0.717, 1.165) is 18.7 Å². The molecule has 6 heteroatoms. The second-order valence-corrected chi connectivity index (χ2v) is 6.39. The lowest BCUT2D eigenvalue weighted by Crippen LogP contribution is -2.43. The molecule has 2 aromatic rings. The van der Waals surface area contributed by atoms with Crippen molar-refractivity contribution in [1.29, 1.82) is 5.26 Å². The highest BCUT2D eigenvalue weighted by Gasteiger charge is 2.26. The van der Waals surface area contributed by atoms with Crippen molar-refractivity contribution in [3.63, 3.8) is 0 Å². The molecule has 3 rings (SSSR count). The molecule has 0 saturated carbocycles. The molecule has 0 radical (unpaired) electrons. The molecule has 2 N–H and O–H groups in total. The monoisotopic (exact) mass is 348 g/mol. The van der Waals surface area contributed by atoms with Crippen molar-refractivity contribution in [1.82, 2.24) is 5.32 Å². The molecule has 2 aromatic carbocycles. The number of amides is 2. The minimum absolute atomic E-state index is 0.0694. The Morgan fingerprint density at radius 1 is 1.15 bits per heavy atom. The van der Waals surface area contributed by atoms with Crippen molar-refractivity contribution in [2.24, 2.45) is 0 Å². The van der Waals surface area contributed by atoms with Crippen LogP contribution < -0.4 is 15.5 Å². The van der Waals surface area contributed by atoms with Crippen molar-refractivity contribution in [3.05, 3.63) is 59.7 Å². The van der Waals surface area contributed by atoms with Crippen molar-refractivity contribution in [2.45, 2.75) is 19.4 Å². The fourth-order valence-corrected chi connectivity index (χ4v) is 2.97. The summed E-state index contributed by atoms with van der Waals surface area (Å²) < 4.78 is 0. The van der Waals surface area contributed by atoms with Gasteiger partial charge in [-0.2, -0.15) is 5.26 Å². The lowest BCUT2D eigenvalue weighted by Gasteiger charge is -2.19. The van der Waals surface area contributed by atoms with Gasteiger partial charge in [0.25, 0.3) is 0 Å². The van der Waals surface area contributed by atoms with Gasteiger partial charge < -0.3 is 15.5 Å². The van der Waals surface area contributed by atoms with Gasteiger partial charge in [-0.05, 0) is 43.7 Å². The van der Waals surface area contributed by atoms with Crippen LogP contribution in [0.25, 0.3) is 0 Å². The quantitative estimate of drug-likeness (QED) is 0.833. The number of nitriles is 1. The number of nitrogens with zero attached hydrogens (tertiary/aromatic N) is 2. The van der Waals surface area contributed by atoms with E-state index in [9.17, 15) is 9.59 Å². The van der Waals surface area contributed by atoms with E-state index in [0.29, 0.717) is 17.8 Å². The van der Waals surface area contributed by atoms with Gasteiger partial charge in [-0.15, -0.1) is 0 Å². The zero-order valence-electron chi connectivity index (χ0n) is 14.5. The highest BCUT2D eigenvalue weighted by molar-refractivity contribution is 6.39. The highest BCUT2D eigenvalue weighted by Crippen LogP contribution is 2.20. The Morgan fingerprint density at radius 3 is 2.65 bits per heavy atom. The van der Waals surface area contributed by atoms with Crippen LogP contribution in [0.3, 0.4) is 0 Å². The molecule has 2 amide bonds. The third-order valence-corrected chi connectivity index (χ3v) is 4.38. The van der Waals surface area contributed by atoms with Crippen molar-refractivity contribution >= 4 is 23.2 Å². The number of hydrogen-bond donors (Lipinski definition) is 2. The zero-order valence-corrected chi connectivity index (χ0v) is 14.5. The minimum Gasteiger partial charge on any atom is -0.369 e. The number of benzene rings is 2. The van der Waals surface area contributed by atoms with Crippen molar-refractivity contribution in [3.8, 4) is 6.07 Å². The first kappa shape index (κ1) is 17.5. The van der Waals surface area contributed by atoms with Crippen LogP contribution in [-0.4, -0.2) is 30.9 Å². The van der Waals surface area contributed by atoms with Gasteiger partial charge in [0.15, 0.2) is 0 Å². The SMILES string of the molecule is Cc1ccc(N2CC[C@H](NC(=O)C(=O)Nc3cccc(C#N)c3)C2)cc1. The van der Waals surface area contributed by atoms with E-state index < -0.39 is 11.8 Å². The largest absolute Gasteiger partial charge is 0.369 e. The Bertz CT molecular complexity index is 855. The summed E-state index contributed by atoms with van der Waals surface area (Å²) in [6, 6.07) is 16.6. The minimum atomic E-state index is -0.728. The summed E-state index contributed by atoms with van der Waals surface area (Å²) in [7, 11) is 0. The molecule has 6 nitrogen and oxygen atoms in total. The molecule has 1 fully saturated rings. The van der Waals surface area contributed by atoms with Crippen LogP contribution in [0.1, 0.15) is 17.5 Å². The summed E-state index contributed by atoms with van der Waals surface area (Å²) in [5, 5.41) is 14.2. The molecule has 0 unspecified atom stereocenters. The van der Waals surface area contributed by atoms with Crippen LogP contribution >= 0.6 is 0 Å². The second-order valence-electron chi connectivity index (χ2n) is 6.39. The summed E-state index contributed by atoms with van der Waals surface area (Å²) in [6.07, 6.45) is 0.789. The lowest BCUT2D eigenvalue weighted by molar-refractivity contribution is -0.136. The first-order valence-corrected chi connectivity index (χ1v) is 8.49. The van der Waals surface area contributed by atoms with Crippen molar-refractivity contribution in [2.75, 3.05) is 23.3 Å². The Labute approximate surface area is 152 Å². The molecule has 1 aliphatic rings. The van der Waals surface area contributed by atoms with Gasteiger partial charge in [-0.25, -0.2) is 0 Å². The molecule has 1 saturated heterocycles. The number of carbonyl (C=O) groups excluding carboxylic acids is 2. The molecule has 26 heavy (non-hydrogen) atoms. The number of hydrogen-bond acceptors (Lipinski definition) is 4. The van der Waals surface area contributed by atoms with Gasteiger partial charge in [0.2, 0.25) is 0 Å². The Balaban J connectivity index is 1.54. The highest BCUT2D eigenvalue weighted by atomic mass is 16.2. The first-order chi connectivity index (χ1) is 12.5. The fraction of sp³-hybridized carbons (Fsp3) is 0.250. The molecule has 132 valence electrons. The van der Waals surface area contributed by atoms with Crippen LogP contribution in [-0.2, 0) is 9.59 Å². The van der Waals surface area contributed by atoms with E-state index in [1.807, 2.05) is 13.0 Å². The molecule has 0 bridgehead atoms. The van der Waals surface area contributed by atoms with Gasteiger partial charge in [0, 0.05) is 30.5 Å². The van der Waals surface area contributed by atoms with Crippen LogP contribution in [0.2, 0.25) is 0 Å². The molecule has 0 spiro atoms. The molecule has 0 aromatic heterocycles. The molecule has 1 aliphatic heterocycles. The Morgan fingerprint density at radius 2 is 1.92 bits per heavy atom. The van der Waals surface area contributed by atoms with E-state index >= 15 is 0 Å². The van der Waals surface area contributed by atoms with E-state index in [-0.39, 0.29) is 6.04 Å². The van der Waals surface area contributed by atoms with Crippen LogP contribution in [0, 0.1) is 18.3 Å². The lowest BCUT2D eigenvalue weighted by atomic mass is 10.2. The van der Waals surface area contributed by atoms with Gasteiger partial charge >= 0.3 is 11.8 Å². The van der Waals surface area contributed by atoms with Crippen LogP contribution in [0.15, 0.2) is 48.5 Å². The smallest absolute Gasteiger partial charge is 0.313 e. The van der Waals surface area contributed by atoms with Crippen LogP contribution in [0.4, 0.5) is 11.4 Å². The molecular weight excluding hydrogens is 328 g/mol. The molecule has 1 atom stereocenters. The maximum Gasteiger partial charge on any atom is 0.313 e. The Hall–Kier alpha value is -3.33. The molecular formula is C20H20N4O2. The standard InChI is InChI=1S/C20H20N4O2/c1-14-5-7-18(8-6-14)24-10-9-17(13-24)23-20(26)19(25)22-16-4-2-3-15(11-16)12-21/h2-8,11,17H,9-10,13H2,1H3,(H,22,25)(H,23,26)/t17-/m0/s1. The van der Waals surface area contributed by atoms with E-state index in [1.54, 1.807) is 18.2 Å². The number of nitrogens with one attached hydrogen (secondary N) is 2. The summed E-state index contributed by atoms with van der Waals surface area (Å²) in [4.78, 5) is 26.4. The first-order valence-electron chi connectivity index (χ1n) is 8.49. The summed E-state index contributed by atoms with van der Waals surface area (Å²) in [5.74, 6) is -1.39. The number of anilines is 2. The van der Waals surface area contributed by atoms with E-state index in [4.69, 9.17) is 5.26 Å². The van der Waals surface area contributed by atoms with Gasteiger partial charge in [-0.1, -0.05) is 23.8 Å². The Kier molecular flexibility index (Phi) is 5.18. The average Bonchev–Trinajstić information content (AvgIpc) is 3.11. The van der Waals surface area contributed by atoms with Gasteiger partial charge in [0.1, 0.15) is 0 Å². The van der Waals surface area contributed by atoms with Gasteiger partial charge in [0.05, 0.1) is 11.6 Å². The summed E-state index contributed by atoms with van der Waals surface area (Å²) in [5.41, 5.74) is 3.17. The third kappa shape index (κ3) is 4.19. The summed E-state index contributed by atoms with van der Waals surface area (Å²) >= 11 is 0. The van der Waals surface area contributed by atoms with E-state index in [1.165, 1.54) is 11.6 Å². The summed E-state index contributed by atoms with van der Waals surface area (Å²) in [6.45, 7) is 3.55. The number of rotatable bonds is 3. The molecule has 1 heterocycles. The topological polar surface area (TPSA) is 85.2 Å². The maximum absolute atomic E-state index is 12.1. The number of carbonyl (C=O) groups is 2. The zero-order chi connectivity index (χ0) is 18.5. The number of aryl methyl sites for hydroxylation is 1. The second kappa shape index (κ2) is 7.70. The van der Waals surface area contributed by atoms with E-state index in [2.05, 4.69) is 39.8 Å². The maximum atomic E-state index is 12.1. The van der Waals surface area contributed by atoms with Crippen LogP contribution in [0.5, 0.6) is 0 Å². The molecule has 0 aliphatic carbocycles. The average molecular weight is 348 g/mol. The van der Waals surface area contributed by atoms with Crippen molar-refractivity contribution < 1.29 is 9.59 Å². The third-order valence-electron chi connectivity index (χ3n) is 4.38. The predicted molar refractivity (Wildman–Crippen MR) is 99.7 cm³/mol. The fourth-order valence-electron chi connectivity index (χ4n) is 2.97.